The number of methoxy groups -OCH3 is 1. The minimum absolute atomic E-state index is 0.124. The molecule has 2 aromatic rings. The molecule has 2 heterocycles. The highest BCUT2D eigenvalue weighted by molar-refractivity contribution is 8.00. The van der Waals surface area contributed by atoms with Crippen LogP contribution >= 0.6 is 11.8 Å². The van der Waals surface area contributed by atoms with Gasteiger partial charge in [-0.15, -0.1) is 0 Å². The summed E-state index contributed by atoms with van der Waals surface area (Å²) >= 11 is 1.44. The van der Waals surface area contributed by atoms with E-state index in [4.69, 9.17) is 9.47 Å². The van der Waals surface area contributed by atoms with Gasteiger partial charge in [-0.1, -0.05) is 17.8 Å². The standard InChI is InChI=1S/C14H15F2N3O2S/c1-9-14(21-13(20-2)22-9,6-19-8-17-7-18-19)11-4-3-10(15)5-12(11)16/h3-5,7-9,13H,6H2,1-2H3/t9-,13+,14-/m1/s1. The number of ether oxygens (including phenoxy) is 2. The Morgan fingerprint density at radius 1 is 1.45 bits per heavy atom. The van der Waals surface area contributed by atoms with Gasteiger partial charge in [-0.05, 0) is 13.0 Å². The van der Waals surface area contributed by atoms with Crippen LogP contribution in [0.3, 0.4) is 0 Å². The minimum atomic E-state index is -1.02. The molecule has 5 nitrogen and oxygen atoms in total. The van der Waals surface area contributed by atoms with Crippen LogP contribution in [0.25, 0.3) is 0 Å². The second kappa shape index (κ2) is 5.94. The van der Waals surface area contributed by atoms with Crippen molar-refractivity contribution in [2.75, 3.05) is 7.11 Å². The van der Waals surface area contributed by atoms with Gasteiger partial charge in [0.25, 0.3) is 0 Å². The third-order valence-corrected chi connectivity index (χ3v) is 5.02. The van der Waals surface area contributed by atoms with Crippen LogP contribution < -0.4 is 0 Å². The fourth-order valence-corrected chi connectivity index (χ4v) is 3.75. The van der Waals surface area contributed by atoms with Crippen LogP contribution in [-0.2, 0) is 21.6 Å². The van der Waals surface area contributed by atoms with Crippen molar-refractivity contribution >= 4 is 11.8 Å². The Hall–Kier alpha value is -1.51. The maximum Gasteiger partial charge on any atom is 0.208 e. The molecule has 1 aromatic carbocycles. The third-order valence-electron chi connectivity index (χ3n) is 3.72. The quantitative estimate of drug-likeness (QED) is 0.864. The van der Waals surface area contributed by atoms with Crippen molar-refractivity contribution in [2.45, 2.75) is 29.9 Å². The second-order valence-electron chi connectivity index (χ2n) is 5.03. The van der Waals surface area contributed by atoms with Gasteiger partial charge < -0.3 is 9.47 Å². The monoisotopic (exact) mass is 327 g/mol. The average Bonchev–Trinajstić information content (AvgIpc) is 3.08. The number of hydrogen-bond donors (Lipinski definition) is 0. The molecule has 8 heteroatoms. The first-order valence-corrected chi connectivity index (χ1v) is 7.63. The molecule has 1 aliphatic rings. The van der Waals surface area contributed by atoms with Gasteiger partial charge in [0.1, 0.15) is 29.9 Å². The molecule has 0 amide bonds. The molecule has 0 saturated carbocycles. The number of thioether (sulfide) groups is 1. The Bertz CT molecular complexity index is 656. The van der Waals surface area contributed by atoms with Gasteiger partial charge in [0.15, 0.2) is 0 Å². The van der Waals surface area contributed by atoms with Gasteiger partial charge in [-0.3, -0.25) is 0 Å². The molecule has 118 valence electrons. The SMILES string of the molecule is CO[C@H]1O[C@@](Cn2cncn2)(c2ccc(F)cc2F)[C@@H](C)S1. The van der Waals surface area contributed by atoms with Crippen LogP contribution in [0.5, 0.6) is 0 Å². The fourth-order valence-electron chi connectivity index (χ4n) is 2.60. The van der Waals surface area contributed by atoms with Crippen LogP contribution in [0, 0.1) is 11.6 Å². The predicted molar refractivity (Wildman–Crippen MR) is 77.0 cm³/mol. The number of aromatic nitrogens is 3. The van der Waals surface area contributed by atoms with Gasteiger partial charge in [0, 0.05) is 24.0 Å². The Kier molecular flexibility index (Phi) is 4.16. The summed E-state index contributed by atoms with van der Waals surface area (Å²) < 4.78 is 40.4. The van der Waals surface area contributed by atoms with Crippen molar-refractivity contribution in [2.24, 2.45) is 0 Å². The molecule has 1 aliphatic heterocycles. The molecule has 3 rings (SSSR count). The van der Waals surface area contributed by atoms with Crippen LogP contribution in [0.1, 0.15) is 12.5 Å². The van der Waals surface area contributed by atoms with E-state index in [1.54, 1.807) is 4.68 Å². The number of hydrogen-bond acceptors (Lipinski definition) is 5. The van der Waals surface area contributed by atoms with E-state index < -0.39 is 22.9 Å². The molecule has 0 spiro atoms. The first-order valence-electron chi connectivity index (χ1n) is 6.69. The van der Waals surface area contributed by atoms with E-state index >= 15 is 0 Å². The highest BCUT2D eigenvalue weighted by atomic mass is 32.2. The van der Waals surface area contributed by atoms with Crippen molar-refractivity contribution in [1.82, 2.24) is 14.8 Å². The topological polar surface area (TPSA) is 49.2 Å². The molecule has 1 fully saturated rings. The lowest BCUT2D eigenvalue weighted by molar-refractivity contribution is -0.149. The zero-order chi connectivity index (χ0) is 15.7. The van der Waals surface area contributed by atoms with Gasteiger partial charge in [-0.25, -0.2) is 18.4 Å². The van der Waals surface area contributed by atoms with E-state index in [0.717, 1.165) is 6.07 Å². The zero-order valence-electron chi connectivity index (χ0n) is 12.1. The third kappa shape index (κ3) is 2.62. The van der Waals surface area contributed by atoms with Crippen LogP contribution in [-0.4, -0.2) is 32.7 Å². The van der Waals surface area contributed by atoms with E-state index in [1.165, 1.54) is 43.7 Å². The number of benzene rings is 1. The zero-order valence-corrected chi connectivity index (χ0v) is 12.9. The van der Waals surface area contributed by atoms with E-state index in [-0.39, 0.29) is 17.4 Å². The Labute approximate surface area is 130 Å². The lowest BCUT2D eigenvalue weighted by Crippen LogP contribution is -2.40. The summed E-state index contributed by atoms with van der Waals surface area (Å²) in [6.07, 6.45) is 2.93. The minimum Gasteiger partial charge on any atom is -0.347 e. The molecular weight excluding hydrogens is 312 g/mol. The first kappa shape index (κ1) is 15.4. The number of halogens is 2. The van der Waals surface area contributed by atoms with E-state index in [9.17, 15) is 8.78 Å². The molecule has 1 aromatic heterocycles. The second-order valence-corrected chi connectivity index (χ2v) is 6.39. The van der Waals surface area contributed by atoms with Crippen molar-refractivity contribution in [3.05, 3.63) is 48.1 Å². The van der Waals surface area contributed by atoms with Crippen molar-refractivity contribution in [3.63, 3.8) is 0 Å². The first-order chi connectivity index (χ1) is 10.5. The largest absolute Gasteiger partial charge is 0.347 e. The van der Waals surface area contributed by atoms with Gasteiger partial charge in [0.2, 0.25) is 5.62 Å². The molecule has 22 heavy (non-hydrogen) atoms. The highest BCUT2D eigenvalue weighted by Crippen LogP contribution is 2.48. The molecule has 3 atom stereocenters. The molecule has 0 N–H and O–H groups in total. The lowest BCUT2D eigenvalue weighted by Gasteiger charge is -2.32. The number of nitrogens with zero attached hydrogens (tertiary/aromatic N) is 3. The molecule has 1 saturated heterocycles. The van der Waals surface area contributed by atoms with Crippen LogP contribution in [0.2, 0.25) is 0 Å². The van der Waals surface area contributed by atoms with Gasteiger partial charge >= 0.3 is 0 Å². The molecule has 0 bridgehead atoms. The van der Waals surface area contributed by atoms with Crippen molar-refractivity contribution in [1.29, 1.82) is 0 Å². The summed E-state index contributed by atoms with van der Waals surface area (Å²) in [6.45, 7) is 2.17. The Morgan fingerprint density at radius 2 is 2.27 bits per heavy atom. The van der Waals surface area contributed by atoms with Crippen LogP contribution in [0.4, 0.5) is 8.78 Å². The van der Waals surface area contributed by atoms with Crippen molar-refractivity contribution in [3.8, 4) is 0 Å². The van der Waals surface area contributed by atoms with Gasteiger partial charge in [0.05, 0.1) is 6.54 Å². The average molecular weight is 327 g/mol. The maximum atomic E-state index is 14.4. The summed E-state index contributed by atoms with van der Waals surface area (Å²) in [6, 6.07) is 3.50. The van der Waals surface area contributed by atoms with E-state index in [1.807, 2.05) is 6.92 Å². The normalized spacial score (nSPS) is 28.2. The summed E-state index contributed by atoms with van der Waals surface area (Å²) in [5.41, 5.74) is -1.26. The smallest absolute Gasteiger partial charge is 0.208 e. The summed E-state index contributed by atoms with van der Waals surface area (Å²) in [7, 11) is 1.52. The number of rotatable bonds is 4. The molecular formula is C14H15F2N3O2S. The van der Waals surface area contributed by atoms with Crippen LogP contribution in [0.15, 0.2) is 30.9 Å². The molecule has 0 unspecified atom stereocenters. The predicted octanol–water partition coefficient (Wildman–Crippen LogP) is 2.53. The van der Waals surface area contributed by atoms with Gasteiger partial charge in [-0.2, -0.15) is 5.10 Å². The van der Waals surface area contributed by atoms with E-state index in [0.29, 0.717) is 0 Å². The van der Waals surface area contributed by atoms with Crippen molar-refractivity contribution < 1.29 is 18.3 Å². The molecule has 0 radical (unpaired) electrons. The molecule has 0 aliphatic carbocycles. The Balaban J connectivity index is 2.06. The lowest BCUT2D eigenvalue weighted by atomic mass is 9.89. The Morgan fingerprint density at radius 3 is 2.86 bits per heavy atom. The van der Waals surface area contributed by atoms with E-state index in [2.05, 4.69) is 10.1 Å². The fraction of sp³-hybridized carbons (Fsp3) is 0.429. The highest BCUT2D eigenvalue weighted by Gasteiger charge is 2.50. The summed E-state index contributed by atoms with van der Waals surface area (Å²) in [4.78, 5) is 3.89. The maximum absolute atomic E-state index is 14.4. The summed E-state index contributed by atoms with van der Waals surface area (Å²) in [5, 5.41) is 3.94. The summed E-state index contributed by atoms with van der Waals surface area (Å²) in [5.74, 6) is -1.27.